The van der Waals surface area contributed by atoms with Gasteiger partial charge in [0.1, 0.15) is 12.4 Å². The molecular formula is C17H21NO2. The van der Waals surface area contributed by atoms with Crippen LogP contribution in [0.3, 0.4) is 0 Å². The maximum absolute atomic E-state index is 6.10. The van der Waals surface area contributed by atoms with Crippen LogP contribution in [-0.4, -0.2) is 20.3 Å². The molecule has 0 aliphatic rings. The zero-order valence-electron chi connectivity index (χ0n) is 11.8. The van der Waals surface area contributed by atoms with E-state index in [9.17, 15) is 0 Å². The third-order valence-corrected chi connectivity index (χ3v) is 3.18. The van der Waals surface area contributed by atoms with Gasteiger partial charge in [0.15, 0.2) is 0 Å². The van der Waals surface area contributed by atoms with Gasteiger partial charge in [0, 0.05) is 7.11 Å². The van der Waals surface area contributed by atoms with Crippen LogP contribution in [0.5, 0.6) is 5.75 Å². The fraction of sp³-hybridized carbons (Fsp3) is 0.294. The van der Waals surface area contributed by atoms with Gasteiger partial charge in [-0.2, -0.15) is 0 Å². The van der Waals surface area contributed by atoms with Gasteiger partial charge in [-0.3, -0.25) is 0 Å². The molecule has 0 aliphatic carbocycles. The molecule has 0 bridgehead atoms. The number of ether oxygens (including phenoxy) is 2. The van der Waals surface area contributed by atoms with E-state index in [0.717, 1.165) is 24.3 Å². The van der Waals surface area contributed by atoms with Crippen LogP contribution in [0.1, 0.15) is 17.2 Å². The molecule has 0 fully saturated rings. The van der Waals surface area contributed by atoms with Gasteiger partial charge in [0.2, 0.25) is 0 Å². The SMILES string of the molecule is COCCc1ccc(OCC(N)c2ccccc2)cc1. The Hall–Kier alpha value is -1.84. The Labute approximate surface area is 120 Å². The predicted octanol–water partition coefficient (Wildman–Crippen LogP) is 2.95. The molecular weight excluding hydrogens is 250 g/mol. The Kier molecular flexibility index (Phi) is 5.59. The molecule has 0 saturated heterocycles. The fourth-order valence-electron chi connectivity index (χ4n) is 1.95. The molecule has 20 heavy (non-hydrogen) atoms. The number of benzene rings is 2. The van der Waals surface area contributed by atoms with Crippen molar-refractivity contribution in [2.75, 3.05) is 20.3 Å². The zero-order chi connectivity index (χ0) is 14.2. The zero-order valence-corrected chi connectivity index (χ0v) is 11.8. The van der Waals surface area contributed by atoms with E-state index in [-0.39, 0.29) is 6.04 Å². The molecule has 0 saturated carbocycles. The van der Waals surface area contributed by atoms with Gasteiger partial charge < -0.3 is 15.2 Å². The molecule has 1 unspecified atom stereocenters. The highest BCUT2D eigenvalue weighted by Gasteiger charge is 2.06. The lowest BCUT2D eigenvalue weighted by molar-refractivity contribution is 0.202. The molecule has 0 radical (unpaired) electrons. The van der Waals surface area contributed by atoms with E-state index in [1.165, 1.54) is 5.56 Å². The summed E-state index contributed by atoms with van der Waals surface area (Å²) in [6, 6.07) is 17.9. The molecule has 0 aliphatic heterocycles. The van der Waals surface area contributed by atoms with Gasteiger partial charge in [-0.05, 0) is 29.7 Å². The molecule has 0 spiro atoms. The summed E-state index contributed by atoms with van der Waals surface area (Å²) in [6.07, 6.45) is 0.917. The summed E-state index contributed by atoms with van der Waals surface area (Å²) < 4.78 is 10.8. The second-order valence-electron chi connectivity index (χ2n) is 4.71. The molecule has 2 aromatic rings. The molecule has 1 atom stereocenters. The average Bonchev–Trinajstić information content (AvgIpc) is 2.52. The third kappa shape index (κ3) is 4.37. The average molecular weight is 271 g/mol. The van der Waals surface area contributed by atoms with Gasteiger partial charge in [0.05, 0.1) is 12.6 Å². The van der Waals surface area contributed by atoms with E-state index >= 15 is 0 Å². The van der Waals surface area contributed by atoms with Gasteiger partial charge in [-0.1, -0.05) is 42.5 Å². The lowest BCUT2D eigenvalue weighted by atomic mass is 10.1. The van der Waals surface area contributed by atoms with Gasteiger partial charge in [0.25, 0.3) is 0 Å². The number of hydrogen-bond acceptors (Lipinski definition) is 3. The lowest BCUT2D eigenvalue weighted by Crippen LogP contribution is -2.18. The number of nitrogens with two attached hydrogens (primary N) is 1. The van der Waals surface area contributed by atoms with Crippen molar-refractivity contribution in [1.29, 1.82) is 0 Å². The second-order valence-corrected chi connectivity index (χ2v) is 4.71. The number of hydrogen-bond donors (Lipinski definition) is 1. The van der Waals surface area contributed by atoms with Crippen LogP contribution in [0.25, 0.3) is 0 Å². The maximum atomic E-state index is 6.10. The Morgan fingerprint density at radius 3 is 2.35 bits per heavy atom. The normalized spacial score (nSPS) is 12.1. The molecule has 2 aromatic carbocycles. The van der Waals surface area contributed by atoms with Crippen molar-refractivity contribution in [2.24, 2.45) is 5.73 Å². The number of methoxy groups -OCH3 is 1. The first kappa shape index (κ1) is 14.6. The van der Waals surface area contributed by atoms with Crippen molar-refractivity contribution in [3.8, 4) is 5.75 Å². The molecule has 2 rings (SSSR count). The van der Waals surface area contributed by atoms with Crippen molar-refractivity contribution in [3.63, 3.8) is 0 Å². The van der Waals surface area contributed by atoms with Crippen molar-refractivity contribution >= 4 is 0 Å². The van der Waals surface area contributed by atoms with Crippen LogP contribution in [0, 0.1) is 0 Å². The van der Waals surface area contributed by atoms with Gasteiger partial charge >= 0.3 is 0 Å². The quantitative estimate of drug-likeness (QED) is 0.842. The van der Waals surface area contributed by atoms with Crippen LogP contribution in [0.15, 0.2) is 54.6 Å². The Bertz CT molecular complexity index is 496. The summed E-state index contributed by atoms with van der Waals surface area (Å²) in [5.41, 5.74) is 8.43. The Balaban J connectivity index is 1.84. The first-order chi connectivity index (χ1) is 9.79. The molecule has 3 nitrogen and oxygen atoms in total. The minimum atomic E-state index is -0.107. The van der Waals surface area contributed by atoms with E-state index in [2.05, 4.69) is 12.1 Å². The van der Waals surface area contributed by atoms with Crippen molar-refractivity contribution in [2.45, 2.75) is 12.5 Å². The molecule has 106 valence electrons. The monoisotopic (exact) mass is 271 g/mol. The minimum absolute atomic E-state index is 0.107. The van der Waals surface area contributed by atoms with E-state index in [4.69, 9.17) is 15.2 Å². The number of rotatable bonds is 7. The van der Waals surface area contributed by atoms with Crippen LogP contribution >= 0.6 is 0 Å². The van der Waals surface area contributed by atoms with E-state index in [0.29, 0.717) is 6.61 Å². The van der Waals surface area contributed by atoms with Crippen LogP contribution in [-0.2, 0) is 11.2 Å². The predicted molar refractivity (Wildman–Crippen MR) is 80.9 cm³/mol. The summed E-state index contributed by atoms with van der Waals surface area (Å²) in [5, 5.41) is 0. The van der Waals surface area contributed by atoms with Gasteiger partial charge in [-0.15, -0.1) is 0 Å². The second kappa shape index (κ2) is 7.68. The first-order valence-electron chi connectivity index (χ1n) is 6.81. The summed E-state index contributed by atoms with van der Waals surface area (Å²) in [5.74, 6) is 0.845. The smallest absolute Gasteiger partial charge is 0.119 e. The van der Waals surface area contributed by atoms with Crippen molar-refractivity contribution in [3.05, 3.63) is 65.7 Å². The summed E-state index contributed by atoms with van der Waals surface area (Å²) in [4.78, 5) is 0. The van der Waals surface area contributed by atoms with Gasteiger partial charge in [-0.25, -0.2) is 0 Å². The van der Waals surface area contributed by atoms with Crippen LogP contribution in [0.2, 0.25) is 0 Å². The van der Waals surface area contributed by atoms with Crippen molar-refractivity contribution < 1.29 is 9.47 Å². The molecule has 0 aromatic heterocycles. The molecule has 0 heterocycles. The summed E-state index contributed by atoms with van der Waals surface area (Å²) in [7, 11) is 1.71. The molecule has 0 amide bonds. The van der Waals surface area contributed by atoms with Crippen LogP contribution in [0.4, 0.5) is 0 Å². The Morgan fingerprint density at radius 2 is 1.70 bits per heavy atom. The van der Waals surface area contributed by atoms with E-state index in [1.807, 2.05) is 42.5 Å². The topological polar surface area (TPSA) is 44.5 Å². The highest BCUT2D eigenvalue weighted by Crippen LogP contribution is 2.16. The lowest BCUT2D eigenvalue weighted by Gasteiger charge is -2.13. The third-order valence-electron chi connectivity index (χ3n) is 3.18. The van der Waals surface area contributed by atoms with Crippen molar-refractivity contribution in [1.82, 2.24) is 0 Å². The van der Waals surface area contributed by atoms with E-state index in [1.54, 1.807) is 7.11 Å². The van der Waals surface area contributed by atoms with Crippen LogP contribution < -0.4 is 10.5 Å². The standard InChI is InChI=1S/C17H21NO2/c1-19-12-11-14-7-9-16(10-8-14)20-13-17(18)15-5-3-2-4-6-15/h2-10,17H,11-13,18H2,1H3. The minimum Gasteiger partial charge on any atom is -0.492 e. The largest absolute Gasteiger partial charge is 0.492 e. The van der Waals surface area contributed by atoms with E-state index < -0.39 is 0 Å². The molecule has 3 heteroatoms. The first-order valence-corrected chi connectivity index (χ1v) is 6.81. The fourth-order valence-corrected chi connectivity index (χ4v) is 1.95. The molecule has 2 N–H and O–H groups in total. The summed E-state index contributed by atoms with van der Waals surface area (Å²) in [6.45, 7) is 1.21. The Morgan fingerprint density at radius 1 is 1.00 bits per heavy atom. The highest BCUT2D eigenvalue weighted by atomic mass is 16.5. The maximum Gasteiger partial charge on any atom is 0.119 e. The summed E-state index contributed by atoms with van der Waals surface area (Å²) >= 11 is 0. The highest BCUT2D eigenvalue weighted by molar-refractivity contribution is 5.27.